The average Bonchev–Trinajstić information content (AvgIpc) is 2.73. The number of carbonyl (C=O) groups excluding carboxylic acids is 1. The van der Waals surface area contributed by atoms with Crippen molar-refractivity contribution in [2.75, 3.05) is 5.32 Å². The van der Waals surface area contributed by atoms with Gasteiger partial charge in [0.1, 0.15) is 5.66 Å². The summed E-state index contributed by atoms with van der Waals surface area (Å²) >= 11 is 0. The smallest absolute Gasteiger partial charge is 0.258 e. The number of benzene rings is 3. The van der Waals surface area contributed by atoms with Crippen LogP contribution in [0.25, 0.3) is 0 Å². The summed E-state index contributed by atoms with van der Waals surface area (Å²) in [5.41, 5.74) is 6.15. The monoisotopic (exact) mass is 368 g/mol. The molecule has 0 saturated heterocycles. The number of amides is 1. The molecule has 3 aromatic rings. The van der Waals surface area contributed by atoms with Crippen LogP contribution in [0.4, 0.5) is 5.69 Å². The first-order valence-electron chi connectivity index (χ1n) is 10.0. The lowest BCUT2D eigenvalue weighted by molar-refractivity contribution is 0.0417. The number of nitrogens with one attached hydrogen (secondary N) is 1. The highest BCUT2D eigenvalue weighted by atomic mass is 16.2. The second-order valence-electron chi connectivity index (χ2n) is 7.92. The first-order chi connectivity index (χ1) is 13.7. The van der Waals surface area contributed by atoms with E-state index in [1.807, 2.05) is 24.3 Å². The standard InChI is InChI=1S/C25H24N2O/c1-18-12-14-19(15-13-18)17-27-24(28)21-9-3-5-11-23(21)26-25(27)16-6-8-20-7-2-4-10-22(20)25/h2-5,7,9-15,26H,6,8,16-17H2,1H3/t25-/m0/s1. The molecule has 0 bridgehead atoms. The molecule has 0 unspecified atom stereocenters. The van der Waals surface area contributed by atoms with Crippen LogP contribution < -0.4 is 5.32 Å². The van der Waals surface area contributed by atoms with Crippen molar-refractivity contribution in [1.29, 1.82) is 0 Å². The molecule has 3 nitrogen and oxygen atoms in total. The highest BCUT2D eigenvalue weighted by molar-refractivity contribution is 6.02. The van der Waals surface area contributed by atoms with Crippen molar-refractivity contribution < 1.29 is 4.79 Å². The predicted molar refractivity (Wildman–Crippen MR) is 112 cm³/mol. The van der Waals surface area contributed by atoms with Crippen molar-refractivity contribution in [3.63, 3.8) is 0 Å². The van der Waals surface area contributed by atoms with Crippen LogP contribution in [-0.4, -0.2) is 10.8 Å². The highest BCUT2D eigenvalue weighted by Crippen LogP contribution is 2.45. The Morgan fingerprint density at radius 2 is 1.71 bits per heavy atom. The van der Waals surface area contributed by atoms with E-state index in [2.05, 4.69) is 65.7 Å². The summed E-state index contributed by atoms with van der Waals surface area (Å²) in [6.45, 7) is 2.68. The number of fused-ring (bicyclic) bond motifs is 3. The molecule has 3 heteroatoms. The fourth-order valence-corrected chi connectivity index (χ4v) is 4.69. The van der Waals surface area contributed by atoms with Crippen molar-refractivity contribution in [3.05, 3.63) is 101 Å². The SMILES string of the molecule is Cc1ccc(CN2C(=O)c3ccccc3N[C@@]23CCCc2ccccc23)cc1. The van der Waals surface area contributed by atoms with Gasteiger partial charge in [-0.3, -0.25) is 4.79 Å². The fourth-order valence-electron chi connectivity index (χ4n) is 4.69. The van der Waals surface area contributed by atoms with Crippen LogP contribution >= 0.6 is 0 Å². The van der Waals surface area contributed by atoms with E-state index in [1.165, 1.54) is 16.7 Å². The van der Waals surface area contributed by atoms with Crippen LogP contribution in [0.5, 0.6) is 0 Å². The second-order valence-corrected chi connectivity index (χ2v) is 7.92. The first-order valence-corrected chi connectivity index (χ1v) is 10.0. The zero-order valence-corrected chi connectivity index (χ0v) is 16.1. The van der Waals surface area contributed by atoms with E-state index in [0.29, 0.717) is 6.54 Å². The number of aryl methyl sites for hydroxylation is 2. The summed E-state index contributed by atoms with van der Waals surface area (Å²) in [6.07, 6.45) is 3.04. The Labute approximate surface area is 166 Å². The normalized spacial score (nSPS) is 20.5. The van der Waals surface area contributed by atoms with Crippen LogP contribution in [0.15, 0.2) is 72.8 Å². The second kappa shape index (κ2) is 6.52. The topological polar surface area (TPSA) is 32.3 Å². The molecule has 3 aromatic carbocycles. The Kier molecular flexibility index (Phi) is 3.97. The van der Waals surface area contributed by atoms with Crippen molar-refractivity contribution in [2.24, 2.45) is 0 Å². The lowest BCUT2D eigenvalue weighted by atomic mass is 9.79. The van der Waals surface area contributed by atoms with Gasteiger partial charge in [-0.25, -0.2) is 0 Å². The van der Waals surface area contributed by atoms with Gasteiger partial charge < -0.3 is 10.2 Å². The third kappa shape index (κ3) is 2.62. The van der Waals surface area contributed by atoms with E-state index < -0.39 is 5.66 Å². The van der Waals surface area contributed by atoms with E-state index in [-0.39, 0.29) is 5.91 Å². The molecule has 2 aliphatic rings. The number of nitrogens with zero attached hydrogens (tertiary/aromatic N) is 1. The number of carbonyl (C=O) groups is 1. The molecule has 28 heavy (non-hydrogen) atoms. The number of para-hydroxylation sites is 1. The maximum atomic E-state index is 13.7. The summed E-state index contributed by atoms with van der Waals surface area (Å²) < 4.78 is 0. The molecule has 0 radical (unpaired) electrons. The third-order valence-corrected chi connectivity index (χ3v) is 6.11. The molecule has 1 spiro atoms. The van der Waals surface area contributed by atoms with Crippen LogP contribution in [0.3, 0.4) is 0 Å². The lowest BCUT2D eigenvalue weighted by Gasteiger charge is -2.51. The third-order valence-electron chi connectivity index (χ3n) is 6.11. The number of anilines is 1. The van der Waals surface area contributed by atoms with Crippen LogP contribution in [0.2, 0.25) is 0 Å². The van der Waals surface area contributed by atoms with E-state index in [1.54, 1.807) is 0 Å². The molecule has 0 saturated carbocycles. The maximum Gasteiger partial charge on any atom is 0.258 e. The minimum Gasteiger partial charge on any atom is -0.358 e. The van der Waals surface area contributed by atoms with Gasteiger partial charge in [0.05, 0.1) is 5.56 Å². The largest absolute Gasteiger partial charge is 0.358 e. The summed E-state index contributed by atoms with van der Waals surface area (Å²) in [5, 5.41) is 3.79. The Bertz CT molecular complexity index is 1040. The number of rotatable bonds is 2. The minimum atomic E-state index is -0.495. The van der Waals surface area contributed by atoms with Gasteiger partial charge in [-0.2, -0.15) is 0 Å². The van der Waals surface area contributed by atoms with E-state index in [0.717, 1.165) is 36.1 Å². The number of hydrogen-bond acceptors (Lipinski definition) is 2. The van der Waals surface area contributed by atoms with Crippen molar-refractivity contribution in [3.8, 4) is 0 Å². The summed E-state index contributed by atoms with van der Waals surface area (Å²) in [5.74, 6) is 0.103. The summed E-state index contributed by atoms with van der Waals surface area (Å²) in [6, 6.07) is 25.0. The van der Waals surface area contributed by atoms with E-state index in [4.69, 9.17) is 0 Å². The predicted octanol–water partition coefficient (Wildman–Crippen LogP) is 5.25. The molecule has 1 atom stereocenters. The molecule has 1 N–H and O–H groups in total. The molecule has 1 heterocycles. The molecule has 1 aliphatic carbocycles. The minimum absolute atomic E-state index is 0.103. The average molecular weight is 368 g/mol. The Morgan fingerprint density at radius 1 is 0.964 bits per heavy atom. The quantitative estimate of drug-likeness (QED) is 0.670. The Hall–Kier alpha value is -3.07. The molecule has 0 fully saturated rings. The zero-order chi connectivity index (χ0) is 19.1. The van der Waals surface area contributed by atoms with Gasteiger partial charge in [0.25, 0.3) is 5.91 Å². The Balaban J connectivity index is 1.67. The van der Waals surface area contributed by atoms with Gasteiger partial charge >= 0.3 is 0 Å². The Morgan fingerprint density at radius 3 is 2.57 bits per heavy atom. The van der Waals surface area contributed by atoms with Gasteiger partial charge in [-0.1, -0.05) is 66.2 Å². The zero-order valence-electron chi connectivity index (χ0n) is 16.1. The molecule has 0 aromatic heterocycles. The molecule has 5 rings (SSSR count). The van der Waals surface area contributed by atoms with Gasteiger partial charge in [-0.05, 0) is 49.4 Å². The maximum absolute atomic E-state index is 13.7. The van der Waals surface area contributed by atoms with Crippen LogP contribution in [0, 0.1) is 6.92 Å². The first kappa shape index (κ1) is 17.1. The van der Waals surface area contributed by atoms with Crippen molar-refractivity contribution in [1.82, 2.24) is 4.90 Å². The van der Waals surface area contributed by atoms with Gasteiger partial charge in [-0.15, -0.1) is 0 Å². The van der Waals surface area contributed by atoms with Crippen molar-refractivity contribution >= 4 is 11.6 Å². The van der Waals surface area contributed by atoms with Crippen LogP contribution in [-0.2, 0) is 18.6 Å². The van der Waals surface area contributed by atoms with Crippen molar-refractivity contribution in [2.45, 2.75) is 38.4 Å². The molecular weight excluding hydrogens is 344 g/mol. The summed E-state index contributed by atoms with van der Waals surface area (Å²) in [7, 11) is 0. The summed E-state index contributed by atoms with van der Waals surface area (Å²) in [4.78, 5) is 15.7. The number of hydrogen-bond donors (Lipinski definition) is 1. The molecule has 1 amide bonds. The lowest BCUT2D eigenvalue weighted by Crippen LogP contribution is -2.58. The molecule has 140 valence electrons. The highest BCUT2D eigenvalue weighted by Gasteiger charge is 2.47. The van der Waals surface area contributed by atoms with Gasteiger partial charge in [0, 0.05) is 17.8 Å². The van der Waals surface area contributed by atoms with E-state index in [9.17, 15) is 4.79 Å². The van der Waals surface area contributed by atoms with Gasteiger partial charge in [0.15, 0.2) is 0 Å². The fraction of sp³-hybridized carbons (Fsp3) is 0.240. The molecule has 1 aliphatic heterocycles. The van der Waals surface area contributed by atoms with E-state index >= 15 is 0 Å². The molecular formula is C25H24N2O. The van der Waals surface area contributed by atoms with Gasteiger partial charge in [0.2, 0.25) is 0 Å². The van der Waals surface area contributed by atoms with Crippen LogP contribution in [0.1, 0.15) is 45.5 Å².